The fourth-order valence-electron chi connectivity index (χ4n) is 2.18. The van der Waals surface area contributed by atoms with Crippen LogP contribution in [0, 0.1) is 5.92 Å². The van der Waals surface area contributed by atoms with Crippen LogP contribution in [0.3, 0.4) is 0 Å². The highest BCUT2D eigenvalue weighted by Gasteiger charge is 2.22. The molecule has 1 N–H and O–H groups in total. The predicted octanol–water partition coefficient (Wildman–Crippen LogP) is 1.79. The van der Waals surface area contributed by atoms with Crippen LogP contribution in [-0.4, -0.2) is 40.4 Å². The average Bonchev–Trinajstić information content (AvgIpc) is 2.96. The molecule has 22 heavy (non-hydrogen) atoms. The van der Waals surface area contributed by atoms with Gasteiger partial charge in [-0.15, -0.1) is 0 Å². The molecule has 1 unspecified atom stereocenters. The van der Waals surface area contributed by atoms with E-state index in [0.29, 0.717) is 24.5 Å². The number of hydrogen-bond donors (Lipinski definition) is 1. The molecule has 1 aromatic rings. The largest absolute Gasteiger partial charge is 0.488 e. The third-order valence-corrected chi connectivity index (χ3v) is 4.74. The Labute approximate surface area is 128 Å². The number of halogens is 2. The summed E-state index contributed by atoms with van der Waals surface area (Å²) in [5, 5.41) is 0. The molecule has 124 valence electrons. The van der Waals surface area contributed by atoms with Gasteiger partial charge >= 0.3 is 0 Å². The molecule has 0 aromatic heterocycles. The summed E-state index contributed by atoms with van der Waals surface area (Å²) in [5.74, 6) is 0.355. The Morgan fingerprint density at radius 3 is 2.91 bits per heavy atom. The average molecular weight is 335 g/mol. The Morgan fingerprint density at radius 2 is 2.23 bits per heavy atom. The number of alkyl halides is 2. The Balaban J connectivity index is 1.86. The molecular weight excluding hydrogens is 316 g/mol. The van der Waals surface area contributed by atoms with Gasteiger partial charge in [-0.05, 0) is 30.0 Å². The van der Waals surface area contributed by atoms with E-state index in [-0.39, 0.29) is 18.2 Å². The van der Waals surface area contributed by atoms with Crippen molar-refractivity contribution in [2.75, 3.05) is 25.6 Å². The van der Waals surface area contributed by atoms with Crippen molar-refractivity contribution in [1.82, 2.24) is 4.72 Å². The molecule has 1 aliphatic heterocycles. The first kappa shape index (κ1) is 17.1. The van der Waals surface area contributed by atoms with E-state index in [4.69, 9.17) is 9.47 Å². The number of rotatable bonds is 8. The zero-order valence-electron chi connectivity index (χ0n) is 12.0. The quantitative estimate of drug-likeness (QED) is 0.787. The lowest BCUT2D eigenvalue weighted by Gasteiger charge is -2.11. The lowest BCUT2D eigenvalue weighted by atomic mass is 10.2. The van der Waals surface area contributed by atoms with Crippen molar-refractivity contribution in [1.29, 1.82) is 0 Å². The summed E-state index contributed by atoms with van der Waals surface area (Å²) in [5.41, 5.74) is 0.651. The van der Waals surface area contributed by atoms with Crippen LogP contribution in [-0.2, 0) is 21.3 Å². The minimum absolute atomic E-state index is 0.0261. The van der Waals surface area contributed by atoms with Crippen molar-refractivity contribution in [3.8, 4) is 5.75 Å². The molecule has 2 rings (SSSR count). The van der Waals surface area contributed by atoms with E-state index in [1.54, 1.807) is 24.3 Å². The van der Waals surface area contributed by atoms with E-state index in [1.807, 2.05) is 0 Å². The van der Waals surface area contributed by atoms with Crippen molar-refractivity contribution >= 4 is 10.0 Å². The third-order valence-electron chi connectivity index (χ3n) is 3.25. The highest BCUT2D eigenvalue weighted by molar-refractivity contribution is 7.89. The first-order chi connectivity index (χ1) is 10.4. The van der Waals surface area contributed by atoms with Gasteiger partial charge in [0.05, 0.1) is 12.4 Å². The first-order valence-electron chi connectivity index (χ1n) is 6.99. The van der Waals surface area contributed by atoms with E-state index in [9.17, 15) is 17.2 Å². The van der Waals surface area contributed by atoms with E-state index >= 15 is 0 Å². The Morgan fingerprint density at radius 1 is 1.41 bits per heavy atom. The normalized spacial score (nSPS) is 18.8. The van der Waals surface area contributed by atoms with Gasteiger partial charge in [-0.2, -0.15) is 0 Å². The molecule has 1 atom stereocenters. The number of benzene rings is 1. The van der Waals surface area contributed by atoms with Crippen LogP contribution in [0.4, 0.5) is 8.78 Å². The van der Waals surface area contributed by atoms with Crippen molar-refractivity contribution in [2.24, 2.45) is 5.92 Å². The van der Waals surface area contributed by atoms with E-state index in [1.165, 1.54) is 0 Å². The topological polar surface area (TPSA) is 64.6 Å². The summed E-state index contributed by atoms with van der Waals surface area (Å²) in [6, 6.07) is 6.44. The molecule has 5 nitrogen and oxygen atoms in total. The lowest BCUT2D eigenvalue weighted by molar-refractivity contribution is 0.0818. The number of nitrogens with one attached hydrogen (secondary N) is 1. The molecule has 1 heterocycles. The van der Waals surface area contributed by atoms with Gasteiger partial charge in [0.15, 0.2) is 0 Å². The number of ether oxygens (including phenoxy) is 2. The number of sulfonamides is 1. The van der Waals surface area contributed by atoms with Crippen LogP contribution in [0.25, 0.3) is 0 Å². The number of hydrogen-bond acceptors (Lipinski definition) is 4. The van der Waals surface area contributed by atoms with Gasteiger partial charge in [0, 0.05) is 13.2 Å². The molecule has 0 aliphatic carbocycles. The summed E-state index contributed by atoms with van der Waals surface area (Å²) in [6.07, 6.45) is -1.80. The second-order valence-corrected chi connectivity index (χ2v) is 7.03. The third kappa shape index (κ3) is 5.86. The molecule has 0 saturated carbocycles. The summed E-state index contributed by atoms with van der Waals surface area (Å²) < 4.78 is 60.7. The molecule has 0 amide bonds. The second kappa shape index (κ2) is 7.85. The minimum Gasteiger partial charge on any atom is -0.488 e. The fraction of sp³-hybridized carbons (Fsp3) is 0.571. The van der Waals surface area contributed by atoms with Crippen LogP contribution in [0.5, 0.6) is 5.75 Å². The van der Waals surface area contributed by atoms with Crippen molar-refractivity contribution in [3.63, 3.8) is 0 Å². The lowest BCUT2D eigenvalue weighted by Crippen LogP contribution is -2.29. The summed E-state index contributed by atoms with van der Waals surface area (Å²) in [7, 11) is -3.39. The molecule has 0 spiro atoms. The standard InChI is InChI=1S/C14H19F2NO4S/c15-14(16)9-21-13-3-1-2-11(6-13)7-17-22(18,19)10-12-4-5-20-8-12/h1-3,6,12,14,17H,4-5,7-10H2. The molecule has 0 bridgehead atoms. The summed E-state index contributed by atoms with van der Waals surface area (Å²) in [4.78, 5) is 0. The fourth-order valence-corrected chi connectivity index (χ4v) is 3.57. The van der Waals surface area contributed by atoms with Gasteiger partial charge in [0.25, 0.3) is 6.43 Å². The van der Waals surface area contributed by atoms with Crippen molar-refractivity contribution in [3.05, 3.63) is 29.8 Å². The molecule has 1 fully saturated rings. The molecule has 0 radical (unpaired) electrons. The SMILES string of the molecule is O=S(=O)(CC1CCOC1)NCc1cccc(OCC(F)F)c1. The molecule has 1 aliphatic rings. The van der Waals surface area contributed by atoms with Crippen molar-refractivity contribution in [2.45, 2.75) is 19.4 Å². The van der Waals surface area contributed by atoms with Crippen LogP contribution < -0.4 is 9.46 Å². The Bertz CT molecular complexity index is 574. The van der Waals surface area contributed by atoms with Gasteiger partial charge in [-0.1, -0.05) is 12.1 Å². The predicted molar refractivity (Wildman–Crippen MR) is 77.5 cm³/mol. The Hall–Kier alpha value is -1.25. The maximum atomic E-state index is 12.1. The van der Waals surface area contributed by atoms with E-state index in [0.717, 1.165) is 6.42 Å². The van der Waals surface area contributed by atoms with Crippen LogP contribution in [0.2, 0.25) is 0 Å². The van der Waals surface area contributed by atoms with Gasteiger partial charge in [0.2, 0.25) is 10.0 Å². The Kier molecular flexibility index (Phi) is 6.10. The maximum Gasteiger partial charge on any atom is 0.272 e. The van der Waals surface area contributed by atoms with Crippen molar-refractivity contribution < 1.29 is 26.7 Å². The molecule has 8 heteroatoms. The maximum absolute atomic E-state index is 12.1. The summed E-state index contributed by atoms with van der Waals surface area (Å²) >= 11 is 0. The monoisotopic (exact) mass is 335 g/mol. The van der Waals surface area contributed by atoms with Gasteiger partial charge in [-0.3, -0.25) is 0 Å². The zero-order valence-corrected chi connectivity index (χ0v) is 12.8. The van der Waals surface area contributed by atoms with Crippen LogP contribution in [0.15, 0.2) is 24.3 Å². The minimum atomic E-state index is -3.39. The van der Waals surface area contributed by atoms with Crippen LogP contribution in [0.1, 0.15) is 12.0 Å². The zero-order chi connectivity index (χ0) is 16.0. The van der Waals surface area contributed by atoms with E-state index < -0.39 is 23.1 Å². The molecule has 1 aromatic carbocycles. The van der Waals surface area contributed by atoms with E-state index in [2.05, 4.69) is 4.72 Å². The van der Waals surface area contributed by atoms with Gasteiger partial charge in [0.1, 0.15) is 12.4 Å². The first-order valence-corrected chi connectivity index (χ1v) is 8.65. The smallest absolute Gasteiger partial charge is 0.272 e. The highest BCUT2D eigenvalue weighted by Crippen LogP contribution is 2.16. The highest BCUT2D eigenvalue weighted by atomic mass is 32.2. The van der Waals surface area contributed by atoms with Crippen LogP contribution >= 0.6 is 0 Å². The molecular formula is C14H19F2NO4S. The summed E-state index contributed by atoms with van der Waals surface area (Å²) in [6.45, 7) is 0.486. The second-order valence-electron chi connectivity index (χ2n) is 5.18. The van der Waals surface area contributed by atoms with Gasteiger partial charge < -0.3 is 9.47 Å². The van der Waals surface area contributed by atoms with Gasteiger partial charge in [-0.25, -0.2) is 21.9 Å². The molecule has 1 saturated heterocycles.